The lowest BCUT2D eigenvalue weighted by Gasteiger charge is -2.23. The second kappa shape index (κ2) is 15.5. The molecule has 0 aromatic heterocycles. The molecule has 4 aliphatic carbocycles. The smallest absolute Gasteiger partial charge is 0.000740 e. The van der Waals surface area contributed by atoms with E-state index in [-0.39, 0.29) is 0 Å². The van der Waals surface area contributed by atoms with E-state index in [9.17, 15) is 0 Å². The molecule has 0 N–H and O–H groups in total. The van der Waals surface area contributed by atoms with Gasteiger partial charge < -0.3 is 0 Å². The summed E-state index contributed by atoms with van der Waals surface area (Å²) >= 11 is 0. The number of hydrogen-bond donors (Lipinski definition) is 0. The van der Waals surface area contributed by atoms with Crippen LogP contribution in [-0.4, -0.2) is 0 Å². The Bertz CT molecular complexity index is 3920. The summed E-state index contributed by atoms with van der Waals surface area (Å²) in [5.74, 6) is 0. The van der Waals surface area contributed by atoms with Gasteiger partial charge in [0.25, 0.3) is 0 Å². The van der Waals surface area contributed by atoms with E-state index in [0.29, 0.717) is 0 Å². The summed E-state index contributed by atoms with van der Waals surface area (Å²) < 4.78 is 0. The van der Waals surface area contributed by atoms with E-state index in [0.717, 1.165) is 25.7 Å². The fourth-order valence-electron chi connectivity index (χ4n) is 13.0. The van der Waals surface area contributed by atoms with Crippen LogP contribution in [0.4, 0.5) is 0 Å². The number of benzene rings is 11. The lowest BCUT2D eigenvalue weighted by Crippen LogP contribution is -1.98. The van der Waals surface area contributed by atoms with Crippen molar-refractivity contribution < 1.29 is 0 Å². The van der Waals surface area contributed by atoms with Gasteiger partial charge in [-0.25, -0.2) is 0 Å². The average Bonchev–Trinajstić information content (AvgIpc) is 3.93. The third-order valence-corrected chi connectivity index (χ3v) is 15.9. The maximum Gasteiger partial charge on any atom is -0.000740 e. The van der Waals surface area contributed by atoms with Gasteiger partial charge in [0.05, 0.1) is 0 Å². The molecule has 4 aliphatic rings. The van der Waals surface area contributed by atoms with E-state index in [2.05, 4.69) is 231 Å². The number of hydrogen-bond acceptors (Lipinski definition) is 0. The number of allylic oxidation sites excluding steroid dienone is 8. The lowest BCUT2D eigenvalue weighted by molar-refractivity contribution is 1.05. The monoisotopic (exact) mass is 886 g/mol. The zero-order chi connectivity index (χ0) is 45.9. The Labute approximate surface area is 408 Å². The van der Waals surface area contributed by atoms with Crippen molar-refractivity contribution in [3.8, 4) is 89.0 Å². The molecule has 0 atom stereocenters. The molecule has 70 heavy (non-hydrogen) atoms. The highest BCUT2D eigenvalue weighted by molar-refractivity contribution is 6.34. The molecule has 0 aliphatic heterocycles. The maximum atomic E-state index is 2.59. The van der Waals surface area contributed by atoms with Crippen LogP contribution in [0.1, 0.15) is 36.8 Å². The summed E-state index contributed by atoms with van der Waals surface area (Å²) in [4.78, 5) is 0. The van der Waals surface area contributed by atoms with Gasteiger partial charge in [0.1, 0.15) is 0 Å². The lowest BCUT2D eigenvalue weighted by atomic mass is 9.80. The first-order chi connectivity index (χ1) is 34.8. The summed E-state index contributed by atoms with van der Waals surface area (Å²) in [6, 6.07) is 73.9. The molecule has 0 saturated heterocycles. The van der Waals surface area contributed by atoms with Gasteiger partial charge in [-0.3, -0.25) is 0 Å². The van der Waals surface area contributed by atoms with Crippen LogP contribution < -0.4 is 0 Å². The highest BCUT2D eigenvalue weighted by Crippen LogP contribution is 2.62. The maximum absolute atomic E-state index is 2.59. The van der Waals surface area contributed by atoms with E-state index >= 15 is 0 Å². The molecule has 0 radical (unpaired) electrons. The van der Waals surface area contributed by atoms with Crippen LogP contribution in [0.15, 0.2) is 231 Å². The van der Waals surface area contributed by atoms with E-state index in [1.807, 2.05) is 0 Å². The van der Waals surface area contributed by atoms with Crippen LogP contribution in [-0.2, 0) is 0 Å². The van der Waals surface area contributed by atoms with Gasteiger partial charge in [-0.15, -0.1) is 0 Å². The topological polar surface area (TPSA) is 0 Å². The molecule has 0 amide bonds. The first-order valence-corrected chi connectivity index (χ1v) is 25.0. The zero-order valence-corrected chi connectivity index (χ0v) is 38.8. The van der Waals surface area contributed by atoms with Gasteiger partial charge in [-0.2, -0.15) is 0 Å². The minimum absolute atomic E-state index is 1.03. The van der Waals surface area contributed by atoms with Crippen LogP contribution in [0.25, 0.3) is 143 Å². The predicted molar refractivity (Wildman–Crippen MR) is 300 cm³/mol. The predicted octanol–water partition coefficient (Wildman–Crippen LogP) is 19.7. The molecule has 0 saturated carbocycles. The van der Waals surface area contributed by atoms with E-state index < -0.39 is 0 Å². The van der Waals surface area contributed by atoms with Crippen molar-refractivity contribution in [3.63, 3.8) is 0 Å². The van der Waals surface area contributed by atoms with Crippen molar-refractivity contribution in [2.75, 3.05) is 0 Å². The van der Waals surface area contributed by atoms with Gasteiger partial charge >= 0.3 is 0 Å². The van der Waals surface area contributed by atoms with Gasteiger partial charge in [0.2, 0.25) is 0 Å². The molecule has 15 rings (SSSR count). The summed E-state index contributed by atoms with van der Waals surface area (Å²) in [6.07, 6.45) is 17.9. The Balaban J connectivity index is 1.07. The van der Waals surface area contributed by atoms with E-state index in [4.69, 9.17) is 0 Å². The SMILES string of the molecule is C1=CCCC(c2ccccc2-c2c3ccccc3c(-c3ccccc3C3=CC=CCC3)c3cc4c(cc23)-c2ccc3c5c(ccc-4c25)-c2c-3c(-c3ccccc3)c3ccccc3c2-c2ccccc2)=C1. The third-order valence-electron chi connectivity index (χ3n) is 15.9. The standard InChI is InChI=1S/C70H46/c1-5-21-43(22-6-1)47-29-13-15-31-49(47)65-53-35-19-20-36-54(53)66(50-32-16-14-30-48(50)44-23-7-2-8-24-44)62-42-60-56-38-40-58-68-57(39-37-55(67(56)68)59(60)41-61(62)65)69-63(45-25-9-3-10-26-45)51-33-17-18-34-52(51)64(70(58)69)46-27-11-4-12-28-46/h1-5,7,9-21,23,25-42H,6,8,22,24H2. The average molecular weight is 887 g/mol. The highest BCUT2D eigenvalue weighted by atomic mass is 14.4. The Morgan fingerprint density at radius 1 is 0.243 bits per heavy atom. The van der Waals surface area contributed by atoms with Crippen molar-refractivity contribution >= 4 is 54.2 Å². The molecular weight excluding hydrogens is 841 g/mol. The zero-order valence-electron chi connectivity index (χ0n) is 38.8. The number of fused-ring (bicyclic) bond motifs is 9. The van der Waals surface area contributed by atoms with Crippen molar-refractivity contribution in [1.29, 1.82) is 0 Å². The highest BCUT2D eigenvalue weighted by Gasteiger charge is 2.35. The van der Waals surface area contributed by atoms with Gasteiger partial charge in [-0.05, 0) is 192 Å². The second-order valence-corrected chi connectivity index (χ2v) is 19.5. The molecule has 11 aromatic carbocycles. The number of rotatable bonds is 6. The van der Waals surface area contributed by atoms with Crippen molar-refractivity contribution in [2.24, 2.45) is 0 Å². The van der Waals surface area contributed by atoms with E-state index in [1.54, 1.807) is 0 Å². The molecule has 0 fully saturated rings. The summed E-state index contributed by atoms with van der Waals surface area (Å²) in [6.45, 7) is 0. The molecule has 0 bridgehead atoms. The second-order valence-electron chi connectivity index (χ2n) is 19.5. The molecule has 326 valence electrons. The molecular formula is C70H46. The van der Waals surface area contributed by atoms with Crippen LogP contribution in [0.3, 0.4) is 0 Å². The van der Waals surface area contributed by atoms with Crippen LogP contribution in [0.5, 0.6) is 0 Å². The molecule has 0 heteroatoms. The molecule has 11 aromatic rings. The van der Waals surface area contributed by atoms with Crippen LogP contribution in [0, 0.1) is 0 Å². The Hall–Kier alpha value is -8.58. The molecule has 0 nitrogen and oxygen atoms in total. The van der Waals surface area contributed by atoms with Crippen LogP contribution in [0.2, 0.25) is 0 Å². The fraction of sp³-hybridized carbons (Fsp3) is 0.0571. The van der Waals surface area contributed by atoms with Gasteiger partial charge in [0, 0.05) is 0 Å². The Morgan fingerprint density at radius 3 is 1.01 bits per heavy atom. The summed E-state index contributed by atoms with van der Waals surface area (Å²) in [7, 11) is 0. The first-order valence-electron chi connectivity index (χ1n) is 25.0. The first kappa shape index (κ1) is 39.4. The van der Waals surface area contributed by atoms with Crippen molar-refractivity contribution in [3.05, 3.63) is 242 Å². The van der Waals surface area contributed by atoms with Crippen LogP contribution >= 0.6 is 0 Å². The quantitative estimate of drug-likeness (QED) is 0.146. The van der Waals surface area contributed by atoms with Crippen molar-refractivity contribution in [2.45, 2.75) is 25.7 Å². The Morgan fingerprint density at radius 2 is 0.600 bits per heavy atom. The minimum Gasteiger partial charge on any atom is -0.0842 e. The largest absolute Gasteiger partial charge is 0.0842 e. The molecule has 0 unspecified atom stereocenters. The van der Waals surface area contributed by atoms with Crippen molar-refractivity contribution in [1.82, 2.24) is 0 Å². The normalized spacial score (nSPS) is 14.1. The van der Waals surface area contributed by atoms with Gasteiger partial charge in [0.15, 0.2) is 0 Å². The minimum atomic E-state index is 1.03. The van der Waals surface area contributed by atoms with E-state index in [1.165, 1.54) is 154 Å². The third kappa shape index (κ3) is 5.65. The molecule has 0 spiro atoms. The Kier molecular flexibility index (Phi) is 8.71. The fourth-order valence-corrected chi connectivity index (χ4v) is 13.0. The molecule has 0 heterocycles. The summed E-state index contributed by atoms with van der Waals surface area (Å²) in [5.41, 5.74) is 26.4. The summed E-state index contributed by atoms with van der Waals surface area (Å²) in [5, 5.41) is 10.5. The van der Waals surface area contributed by atoms with Gasteiger partial charge in [-0.1, -0.05) is 218 Å².